The zero-order valence-electron chi connectivity index (χ0n) is 1.30. The Morgan fingerprint density at radius 3 is 0.500 bits per heavy atom. The predicted octanol–water partition coefficient (Wildman–Crippen LogP) is -0.0100. The van der Waals surface area contributed by atoms with Crippen molar-refractivity contribution in [3.63, 3.8) is 0 Å². The molecule has 0 bridgehead atoms. The third-order valence-electron chi connectivity index (χ3n) is 0. The molecule has 0 heterocycles. The van der Waals surface area contributed by atoms with Gasteiger partial charge in [-0.3, -0.25) is 0 Å². The fourth-order valence-corrected chi connectivity index (χ4v) is 0. The average molecular weight is 596 g/mol. The van der Waals surface area contributed by atoms with Gasteiger partial charge in [-0.25, -0.2) is 0 Å². The minimum atomic E-state index is 0. The van der Waals surface area contributed by atoms with Crippen LogP contribution in [0.3, 0.4) is 0 Å². The van der Waals surface area contributed by atoms with Gasteiger partial charge in [0.2, 0.25) is 0 Å². The molecule has 0 aromatic carbocycles. The molecule has 0 nitrogen and oxygen atoms in total. The van der Waals surface area contributed by atoms with Crippen LogP contribution in [0.25, 0.3) is 0 Å². The van der Waals surface area contributed by atoms with Gasteiger partial charge in [0.05, 0.1) is 0 Å². The molecule has 0 aliphatic rings. The first-order valence-corrected chi connectivity index (χ1v) is 0. The second kappa shape index (κ2) is 17.5. The molecule has 0 rings (SSSR count). The van der Waals surface area contributed by atoms with E-state index in [1.807, 2.05) is 0 Å². The predicted molar refractivity (Wildman–Crippen MR) is 0 cm³/mol. The van der Waals surface area contributed by atoms with Crippen LogP contribution in [0.4, 0.5) is 0 Å². The Morgan fingerprint density at radius 1 is 0.500 bits per heavy atom. The van der Waals surface area contributed by atoms with Crippen LogP contribution >= 0.6 is 0 Å². The minimum absolute atomic E-state index is 0. The topological polar surface area (TPSA) is 0 Å². The summed E-state index contributed by atoms with van der Waals surface area (Å²) in [4.78, 5) is 0. The molecular weight excluding hydrogens is 596 g/mol. The fraction of sp³-hybridized carbons (Fsp3) is 0. The van der Waals surface area contributed by atoms with Gasteiger partial charge in [0.25, 0.3) is 0 Å². The van der Waals surface area contributed by atoms with E-state index in [0.717, 1.165) is 0 Å². The summed E-state index contributed by atoms with van der Waals surface area (Å²) in [5.74, 6) is 0. The standard InChI is InChI=1S/2Pt.2Rh. The molecular formula is Pt2Rh2. The molecule has 0 N–H and O–H groups in total. The maximum Gasteiger partial charge on any atom is 0 e. The van der Waals surface area contributed by atoms with Crippen molar-refractivity contribution in [1.82, 2.24) is 0 Å². The zero-order valence-corrected chi connectivity index (χ0v) is 9.12. The van der Waals surface area contributed by atoms with Gasteiger partial charge < -0.3 is 0 Å². The summed E-state index contributed by atoms with van der Waals surface area (Å²) in [5.41, 5.74) is 0. The summed E-state index contributed by atoms with van der Waals surface area (Å²) in [6.07, 6.45) is 0. The van der Waals surface area contributed by atoms with Crippen LogP contribution in [0.1, 0.15) is 0 Å². The summed E-state index contributed by atoms with van der Waals surface area (Å²) in [7, 11) is 0. The van der Waals surface area contributed by atoms with E-state index in [2.05, 4.69) is 0 Å². The van der Waals surface area contributed by atoms with Gasteiger partial charge in [-0.1, -0.05) is 0 Å². The molecule has 0 aliphatic carbocycles. The molecule has 4 heavy (non-hydrogen) atoms. The van der Waals surface area contributed by atoms with E-state index in [1.165, 1.54) is 0 Å². The Bertz CT molecular complexity index is 4.00. The van der Waals surface area contributed by atoms with Gasteiger partial charge in [-0.15, -0.1) is 0 Å². The molecule has 2 radical (unpaired) electrons. The van der Waals surface area contributed by atoms with Crippen molar-refractivity contribution in [2.45, 2.75) is 0 Å². The summed E-state index contributed by atoms with van der Waals surface area (Å²) < 4.78 is 0. The van der Waals surface area contributed by atoms with Crippen LogP contribution in [0.2, 0.25) is 0 Å². The van der Waals surface area contributed by atoms with E-state index < -0.39 is 0 Å². The molecule has 0 aromatic rings. The Kier molecular flexibility index (Phi) is 133. The molecule has 0 aromatic heterocycles. The maximum atomic E-state index is 0. The largest absolute Gasteiger partial charge is 0 e. The van der Waals surface area contributed by atoms with Gasteiger partial charge in [0.15, 0.2) is 0 Å². The Hall–Kier alpha value is 2.62. The van der Waals surface area contributed by atoms with Crippen molar-refractivity contribution in [3.05, 3.63) is 0 Å². The molecule has 0 unspecified atom stereocenters. The van der Waals surface area contributed by atoms with E-state index >= 15 is 0 Å². The van der Waals surface area contributed by atoms with E-state index in [1.54, 1.807) is 0 Å². The molecule has 4 heteroatoms. The number of hydrogen-bond donors (Lipinski definition) is 0. The molecule has 0 saturated carbocycles. The summed E-state index contributed by atoms with van der Waals surface area (Å²) >= 11 is 0. The average Bonchev–Trinajstić information content (AvgIpc) is 0. The smallest absolute Gasteiger partial charge is 0 e. The Balaban J connectivity index is 0. The van der Waals surface area contributed by atoms with Crippen molar-refractivity contribution in [2.24, 2.45) is 0 Å². The van der Waals surface area contributed by atoms with E-state index in [9.17, 15) is 0 Å². The molecule has 0 amide bonds. The molecule has 0 saturated heterocycles. The van der Waals surface area contributed by atoms with Crippen molar-refractivity contribution < 1.29 is 81.1 Å². The van der Waals surface area contributed by atoms with Crippen LogP contribution in [-0.4, -0.2) is 0 Å². The monoisotopic (exact) mass is 596 g/mol. The second-order valence-corrected chi connectivity index (χ2v) is 0. The van der Waals surface area contributed by atoms with Gasteiger partial charge in [-0.05, 0) is 0 Å². The third-order valence-corrected chi connectivity index (χ3v) is 0. The quantitative estimate of drug-likeness (QED) is 0.346. The first-order chi connectivity index (χ1) is 0. The summed E-state index contributed by atoms with van der Waals surface area (Å²) in [6, 6.07) is 0. The van der Waals surface area contributed by atoms with Crippen molar-refractivity contribution >= 4 is 0 Å². The number of rotatable bonds is 0. The summed E-state index contributed by atoms with van der Waals surface area (Å²) in [6.45, 7) is 0. The summed E-state index contributed by atoms with van der Waals surface area (Å²) in [5, 5.41) is 0. The van der Waals surface area contributed by atoms with Crippen molar-refractivity contribution in [3.8, 4) is 0 Å². The van der Waals surface area contributed by atoms with Gasteiger partial charge >= 0.3 is 0 Å². The van der Waals surface area contributed by atoms with E-state index in [0.29, 0.717) is 0 Å². The van der Waals surface area contributed by atoms with Crippen LogP contribution in [0, 0.1) is 0 Å². The van der Waals surface area contributed by atoms with Crippen LogP contribution < -0.4 is 0 Å². The molecule has 0 fully saturated rings. The molecule has 0 spiro atoms. The van der Waals surface area contributed by atoms with Crippen LogP contribution in [-0.2, 0) is 81.1 Å². The minimum Gasteiger partial charge on any atom is 0 e. The van der Waals surface area contributed by atoms with Gasteiger partial charge in [0.1, 0.15) is 0 Å². The second-order valence-electron chi connectivity index (χ2n) is 0. The molecule has 38 valence electrons. The van der Waals surface area contributed by atoms with E-state index in [4.69, 9.17) is 0 Å². The number of hydrogen-bond acceptors (Lipinski definition) is 0. The van der Waals surface area contributed by atoms with Gasteiger partial charge in [0, 0.05) is 81.1 Å². The fourth-order valence-electron chi connectivity index (χ4n) is 0. The van der Waals surface area contributed by atoms with Gasteiger partial charge in [-0.2, -0.15) is 0 Å². The SMILES string of the molecule is [Pt].[Pt].[Rh].[Rh]. The van der Waals surface area contributed by atoms with Crippen LogP contribution in [0.15, 0.2) is 0 Å². The Morgan fingerprint density at radius 2 is 0.500 bits per heavy atom. The normalized spacial score (nSPS) is 0. The first kappa shape index (κ1) is 30.4. The third kappa shape index (κ3) is 8.82. The van der Waals surface area contributed by atoms with Crippen LogP contribution in [0.5, 0.6) is 0 Å². The first-order valence-electron chi connectivity index (χ1n) is 0. The Labute approximate surface area is 79.9 Å². The van der Waals surface area contributed by atoms with E-state index in [-0.39, 0.29) is 81.1 Å². The van der Waals surface area contributed by atoms with Crippen molar-refractivity contribution in [2.75, 3.05) is 0 Å². The van der Waals surface area contributed by atoms with Crippen molar-refractivity contribution in [1.29, 1.82) is 0 Å². The maximum absolute atomic E-state index is 0. The molecule has 0 atom stereocenters. The zero-order chi connectivity index (χ0) is 0. The molecule has 0 aliphatic heterocycles.